The van der Waals surface area contributed by atoms with Gasteiger partial charge in [-0.15, -0.1) is 0 Å². The van der Waals surface area contributed by atoms with Crippen LogP contribution in [0.3, 0.4) is 0 Å². The molecule has 0 aromatic rings. The number of methoxy groups -OCH3 is 1. The highest BCUT2D eigenvalue weighted by Gasteiger charge is 2.29. The third-order valence-electron chi connectivity index (χ3n) is 1.95. The number of ether oxygens (including phenoxy) is 2. The summed E-state index contributed by atoms with van der Waals surface area (Å²) in [6.07, 6.45) is -5.12. The lowest BCUT2D eigenvalue weighted by Gasteiger charge is -2.21. The topological polar surface area (TPSA) is 35.5 Å². The third kappa shape index (κ3) is 6.66. The van der Waals surface area contributed by atoms with E-state index < -0.39 is 24.0 Å². The quantitative estimate of drug-likeness (QED) is 0.530. The first-order chi connectivity index (χ1) is 7.19. The lowest BCUT2D eigenvalue weighted by atomic mass is 9.95. The summed E-state index contributed by atoms with van der Waals surface area (Å²) < 4.78 is 44.9. The Bertz CT molecular complexity index is 224. The van der Waals surface area contributed by atoms with Gasteiger partial charge in [-0.3, -0.25) is 4.79 Å². The van der Waals surface area contributed by atoms with Gasteiger partial charge in [0.1, 0.15) is 0 Å². The summed E-state index contributed by atoms with van der Waals surface area (Å²) in [5.74, 6) is -0.441. The SMILES string of the molecule is COC(=O)C(C)(C)COCCCC(F)(F)F. The lowest BCUT2D eigenvalue weighted by molar-refractivity contribution is -0.155. The molecule has 0 aromatic heterocycles. The van der Waals surface area contributed by atoms with Crippen molar-refractivity contribution in [3.8, 4) is 0 Å². The van der Waals surface area contributed by atoms with Crippen molar-refractivity contribution in [3.05, 3.63) is 0 Å². The van der Waals surface area contributed by atoms with E-state index >= 15 is 0 Å². The Morgan fingerprint density at radius 1 is 1.25 bits per heavy atom. The zero-order valence-electron chi connectivity index (χ0n) is 9.69. The minimum Gasteiger partial charge on any atom is -0.469 e. The summed E-state index contributed by atoms with van der Waals surface area (Å²) in [5, 5.41) is 0. The first kappa shape index (κ1) is 15.2. The van der Waals surface area contributed by atoms with Gasteiger partial charge in [0.2, 0.25) is 0 Å². The van der Waals surface area contributed by atoms with Crippen molar-refractivity contribution in [3.63, 3.8) is 0 Å². The van der Waals surface area contributed by atoms with Crippen LogP contribution < -0.4 is 0 Å². The van der Waals surface area contributed by atoms with E-state index in [1.165, 1.54) is 7.11 Å². The molecule has 0 bridgehead atoms. The van der Waals surface area contributed by atoms with E-state index in [-0.39, 0.29) is 19.6 Å². The standard InChI is InChI=1S/C10H17F3O3/c1-9(2,8(14)15-3)7-16-6-4-5-10(11,12)13/h4-7H2,1-3H3. The lowest BCUT2D eigenvalue weighted by Crippen LogP contribution is -2.31. The van der Waals surface area contributed by atoms with E-state index in [4.69, 9.17) is 4.74 Å². The van der Waals surface area contributed by atoms with Crippen molar-refractivity contribution in [2.75, 3.05) is 20.3 Å². The van der Waals surface area contributed by atoms with E-state index in [9.17, 15) is 18.0 Å². The molecule has 0 aliphatic carbocycles. The Labute approximate surface area is 92.9 Å². The van der Waals surface area contributed by atoms with Gasteiger partial charge in [-0.05, 0) is 20.3 Å². The van der Waals surface area contributed by atoms with Crippen LogP contribution in [0.15, 0.2) is 0 Å². The van der Waals surface area contributed by atoms with E-state index in [2.05, 4.69) is 4.74 Å². The van der Waals surface area contributed by atoms with Gasteiger partial charge in [-0.25, -0.2) is 0 Å². The molecule has 0 saturated heterocycles. The second-order valence-corrected chi connectivity index (χ2v) is 4.15. The predicted octanol–water partition coefficient (Wildman–Crippen LogP) is 2.54. The summed E-state index contributed by atoms with van der Waals surface area (Å²) >= 11 is 0. The second kappa shape index (κ2) is 6.08. The van der Waals surface area contributed by atoms with Gasteiger partial charge in [0, 0.05) is 13.0 Å². The van der Waals surface area contributed by atoms with Gasteiger partial charge in [-0.1, -0.05) is 0 Å². The first-order valence-electron chi connectivity index (χ1n) is 4.92. The molecule has 0 aliphatic rings. The molecule has 0 aromatic carbocycles. The van der Waals surface area contributed by atoms with Crippen molar-refractivity contribution >= 4 is 5.97 Å². The predicted molar refractivity (Wildman–Crippen MR) is 51.9 cm³/mol. The van der Waals surface area contributed by atoms with Gasteiger partial charge >= 0.3 is 12.1 Å². The zero-order chi connectivity index (χ0) is 12.8. The van der Waals surface area contributed by atoms with Gasteiger partial charge in [0.05, 0.1) is 19.1 Å². The number of hydrogen-bond acceptors (Lipinski definition) is 3. The van der Waals surface area contributed by atoms with Crippen LogP contribution in [0.4, 0.5) is 13.2 Å². The fourth-order valence-electron chi connectivity index (χ4n) is 1.04. The highest BCUT2D eigenvalue weighted by molar-refractivity contribution is 5.75. The molecule has 16 heavy (non-hydrogen) atoms. The molecule has 0 atom stereocenters. The first-order valence-corrected chi connectivity index (χ1v) is 4.92. The number of carbonyl (C=O) groups is 1. The molecule has 3 nitrogen and oxygen atoms in total. The van der Waals surface area contributed by atoms with Gasteiger partial charge in [-0.2, -0.15) is 13.2 Å². The van der Waals surface area contributed by atoms with Crippen LogP contribution in [0.2, 0.25) is 0 Å². The van der Waals surface area contributed by atoms with E-state index in [1.54, 1.807) is 13.8 Å². The molecule has 0 rings (SSSR count). The van der Waals surface area contributed by atoms with E-state index in [0.717, 1.165) is 0 Å². The number of carbonyl (C=O) groups excluding carboxylic acids is 1. The van der Waals surface area contributed by atoms with Crippen LogP contribution in [0, 0.1) is 5.41 Å². The Kier molecular flexibility index (Phi) is 5.78. The summed E-state index contributed by atoms with van der Waals surface area (Å²) in [4.78, 5) is 11.2. The average molecular weight is 242 g/mol. The summed E-state index contributed by atoms with van der Waals surface area (Å²) in [7, 11) is 1.26. The number of rotatable bonds is 6. The fourth-order valence-corrected chi connectivity index (χ4v) is 1.04. The average Bonchev–Trinajstić information content (AvgIpc) is 2.14. The number of hydrogen-bond donors (Lipinski definition) is 0. The largest absolute Gasteiger partial charge is 0.469 e. The molecule has 0 unspecified atom stereocenters. The number of esters is 1. The highest BCUT2D eigenvalue weighted by atomic mass is 19.4. The van der Waals surface area contributed by atoms with Crippen molar-refractivity contribution < 1.29 is 27.4 Å². The smallest absolute Gasteiger partial charge is 0.389 e. The minimum absolute atomic E-state index is 0.0140. The Balaban J connectivity index is 3.70. The van der Waals surface area contributed by atoms with Gasteiger partial charge in [0.25, 0.3) is 0 Å². The van der Waals surface area contributed by atoms with E-state index in [0.29, 0.717) is 0 Å². The van der Waals surface area contributed by atoms with Crippen LogP contribution >= 0.6 is 0 Å². The second-order valence-electron chi connectivity index (χ2n) is 4.15. The van der Waals surface area contributed by atoms with Crippen LogP contribution in [0.25, 0.3) is 0 Å². The number of halogens is 3. The molecule has 0 amide bonds. The molecule has 6 heteroatoms. The van der Waals surface area contributed by atoms with Crippen LogP contribution in [-0.4, -0.2) is 32.5 Å². The molecule has 0 spiro atoms. The Hall–Kier alpha value is -0.780. The molecule has 0 heterocycles. The normalized spacial score (nSPS) is 12.6. The van der Waals surface area contributed by atoms with Crippen LogP contribution in [-0.2, 0) is 14.3 Å². The Morgan fingerprint density at radius 3 is 2.25 bits per heavy atom. The molecule has 0 saturated carbocycles. The maximum absolute atomic E-state index is 11.8. The summed E-state index contributed by atoms with van der Waals surface area (Å²) in [6.45, 7) is 3.27. The van der Waals surface area contributed by atoms with Gasteiger partial charge in [0.15, 0.2) is 0 Å². The van der Waals surface area contributed by atoms with Crippen molar-refractivity contribution in [1.82, 2.24) is 0 Å². The van der Waals surface area contributed by atoms with Crippen molar-refractivity contribution in [1.29, 1.82) is 0 Å². The summed E-state index contributed by atoms with van der Waals surface area (Å²) in [6, 6.07) is 0. The molecule has 0 aliphatic heterocycles. The monoisotopic (exact) mass is 242 g/mol. The van der Waals surface area contributed by atoms with Crippen LogP contribution in [0.1, 0.15) is 26.7 Å². The molecular weight excluding hydrogens is 225 g/mol. The van der Waals surface area contributed by atoms with Crippen LogP contribution in [0.5, 0.6) is 0 Å². The third-order valence-corrected chi connectivity index (χ3v) is 1.95. The Morgan fingerprint density at radius 2 is 1.81 bits per heavy atom. The molecule has 96 valence electrons. The fraction of sp³-hybridized carbons (Fsp3) is 0.900. The molecule has 0 fully saturated rings. The minimum atomic E-state index is -4.15. The van der Waals surface area contributed by atoms with E-state index in [1.807, 2.05) is 0 Å². The molecular formula is C10H17F3O3. The maximum atomic E-state index is 11.8. The van der Waals surface area contributed by atoms with Gasteiger partial charge < -0.3 is 9.47 Å². The zero-order valence-corrected chi connectivity index (χ0v) is 9.69. The number of alkyl halides is 3. The highest BCUT2D eigenvalue weighted by Crippen LogP contribution is 2.22. The van der Waals surface area contributed by atoms with Crippen molar-refractivity contribution in [2.45, 2.75) is 32.9 Å². The van der Waals surface area contributed by atoms with Crippen molar-refractivity contribution in [2.24, 2.45) is 5.41 Å². The molecule has 0 N–H and O–H groups in total. The maximum Gasteiger partial charge on any atom is 0.389 e. The summed E-state index contributed by atoms with van der Waals surface area (Å²) in [5.41, 5.74) is -0.826. The molecule has 0 radical (unpaired) electrons.